The molecule has 391 valence electrons. The normalized spacial score (nSPS) is 13.4. The Morgan fingerprint density at radius 2 is 0.253 bits per heavy atom. The van der Waals surface area contributed by atoms with E-state index < -0.39 is 34.1 Å². The molecule has 0 radical (unpaired) electrons. The molecule has 79 heavy (non-hydrogen) atoms. The van der Waals surface area contributed by atoms with Gasteiger partial charge < -0.3 is 0 Å². The van der Waals surface area contributed by atoms with Crippen LogP contribution in [0.3, 0.4) is 0 Å². The van der Waals surface area contributed by atoms with Crippen molar-refractivity contribution in [3.8, 4) is 10.8 Å². The second-order valence-corrected chi connectivity index (χ2v) is 76.1. The van der Waals surface area contributed by atoms with Crippen LogP contribution in [0, 0.1) is 10.8 Å². The first-order valence-electron chi connectivity index (χ1n) is 27.0. The van der Waals surface area contributed by atoms with Gasteiger partial charge in [0.25, 0.3) is 0 Å². The summed E-state index contributed by atoms with van der Waals surface area (Å²) in [6.45, 7) is 0. The molecule has 0 bridgehead atoms. The summed E-state index contributed by atoms with van der Waals surface area (Å²) in [4.78, 5) is 0. The van der Waals surface area contributed by atoms with Gasteiger partial charge in [-0.2, -0.15) is 0 Å². The predicted molar refractivity (Wildman–Crippen MR) is 355 cm³/mol. The van der Waals surface area contributed by atoms with E-state index in [9.17, 15) is 6.42 Å². The van der Waals surface area contributed by atoms with Crippen molar-refractivity contribution in [3.05, 3.63) is 364 Å². The standard InChI is InChI=1S/4C18H15P.C2H.Pd/c4*1-4-10-16(11-5-1)19(17-12-6-2-7-13-17)18-14-8-3-9-15-18;1-2;/h4*1-15H;1H;/q;;;;;-4/p+4. The molecule has 0 amide bonds. The molecule has 12 aromatic rings. The fourth-order valence-electron chi connectivity index (χ4n) is 13.4. The fraction of sp³-hybridized carbons (Fsp3) is 0. The van der Waals surface area contributed by atoms with E-state index in [-0.39, 0.29) is 0 Å². The molecule has 0 aromatic heterocycles. The Hall–Kier alpha value is -7.42. The molecule has 0 N–H and O–H groups in total. The van der Waals surface area contributed by atoms with Gasteiger partial charge in [-0.15, -0.1) is 0 Å². The van der Waals surface area contributed by atoms with Crippen LogP contribution < -0.4 is 63.7 Å². The minimum atomic E-state index is -6.20. The van der Waals surface area contributed by atoms with Gasteiger partial charge in [-0.3, -0.25) is 0 Å². The van der Waals surface area contributed by atoms with Gasteiger partial charge in [-0.25, -0.2) is 0 Å². The van der Waals surface area contributed by atoms with E-state index in [0.29, 0.717) is 0 Å². The van der Waals surface area contributed by atoms with Crippen molar-refractivity contribution >= 4 is 85.5 Å². The molecular weight excluding hydrogens is 1120 g/mol. The van der Waals surface area contributed by atoms with E-state index in [0.717, 1.165) is 0 Å². The number of terminal acetylenes is 1. The van der Waals surface area contributed by atoms with Crippen molar-refractivity contribution in [2.24, 2.45) is 0 Å². The maximum atomic E-state index is 9.40. The average molecular weight is 1180 g/mol. The van der Waals surface area contributed by atoms with Gasteiger partial charge in [-0.1, -0.05) is 0 Å². The zero-order valence-electron chi connectivity index (χ0n) is 44.0. The van der Waals surface area contributed by atoms with Gasteiger partial charge >= 0.3 is 473 Å². The zero-order valence-corrected chi connectivity index (χ0v) is 49.6. The van der Waals surface area contributed by atoms with Gasteiger partial charge in [-0.05, 0) is 0 Å². The first kappa shape index (κ1) is 52.3. The molecule has 0 saturated carbocycles. The predicted octanol–water partition coefficient (Wildman–Crippen LogP) is 12.8. The van der Waals surface area contributed by atoms with Gasteiger partial charge in [0, 0.05) is 0 Å². The zero-order chi connectivity index (χ0) is 53.5. The monoisotopic (exact) mass is 1180 g/mol. The Kier molecular flexibility index (Phi) is 14.8. The second kappa shape index (κ2) is 22.4. The summed E-state index contributed by atoms with van der Waals surface area (Å²) in [7, 11) is 0. The minimum absolute atomic E-state index is 1.32. The molecule has 0 unspecified atom stereocenters. The van der Waals surface area contributed by atoms with E-state index in [1.807, 2.05) is 0 Å². The Morgan fingerprint density at radius 3 is 0.329 bits per heavy atom. The molecule has 0 fully saturated rings. The van der Waals surface area contributed by atoms with Crippen molar-refractivity contribution < 1.29 is 12.3 Å². The Morgan fingerprint density at radius 1 is 0.165 bits per heavy atom. The van der Waals surface area contributed by atoms with Crippen molar-refractivity contribution in [2.75, 3.05) is 0 Å². The Labute approximate surface area is 469 Å². The topological polar surface area (TPSA) is 0 Å². The van der Waals surface area contributed by atoms with Crippen molar-refractivity contribution in [1.82, 2.24) is 0 Å². The van der Waals surface area contributed by atoms with Crippen LogP contribution in [-0.4, -0.2) is 0 Å². The summed E-state index contributed by atoms with van der Waals surface area (Å²) in [6, 6.07) is 143. The molecule has 0 aliphatic carbocycles. The van der Waals surface area contributed by atoms with Crippen LogP contribution in [0.4, 0.5) is 0 Å². The number of hydrogen-bond donors (Lipinski definition) is 0. The quantitative estimate of drug-likeness (QED) is 0.0514. The van der Waals surface area contributed by atoms with Gasteiger partial charge in [0.15, 0.2) is 0 Å². The molecule has 5 heteroatoms. The Bertz CT molecular complexity index is 3030. The molecule has 0 aliphatic rings. The van der Waals surface area contributed by atoms with Crippen molar-refractivity contribution in [2.45, 2.75) is 0 Å². The van der Waals surface area contributed by atoms with E-state index in [1.165, 1.54) is 63.7 Å². The second-order valence-electron chi connectivity index (χ2n) is 19.7. The third-order valence-corrected chi connectivity index (χ3v) is 131. The van der Waals surface area contributed by atoms with Crippen molar-refractivity contribution in [1.29, 1.82) is 0 Å². The van der Waals surface area contributed by atoms with Crippen LogP contribution in [0.2, 0.25) is 0 Å². The first-order chi connectivity index (χ1) is 39.2. The third-order valence-electron chi connectivity index (χ3n) is 15.9. The number of hydrogen-bond acceptors (Lipinski definition) is 0. The van der Waals surface area contributed by atoms with Crippen LogP contribution in [0.1, 0.15) is 0 Å². The number of rotatable bonds is 16. The van der Waals surface area contributed by atoms with Crippen LogP contribution in [-0.2, 0) is 12.3 Å². The van der Waals surface area contributed by atoms with Crippen LogP contribution in [0.5, 0.6) is 0 Å². The molecule has 0 nitrogen and oxygen atoms in total. The summed E-state index contributed by atoms with van der Waals surface area (Å²) in [5, 5.41) is 15.9. The molecule has 0 heterocycles. The average Bonchev–Trinajstić information content (AvgIpc) is 0.849. The van der Waals surface area contributed by atoms with Crippen LogP contribution >= 0.6 is 21.8 Å². The van der Waals surface area contributed by atoms with Gasteiger partial charge in [0.1, 0.15) is 0 Å². The number of benzene rings is 12. The van der Waals surface area contributed by atoms with Crippen LogP contribution in [0.25, 0.3) is 0 Å². The SMILES string of the molecule is C#[C][Pd]([PH](c1ccccc1)(c1ccccc1)c1ccccc1)([PH](c1ccccc1)(c1ccccc1)c1ccccc1)([PH](c1ccccc1)(c1ccccc1)c1ccccc1)[PH](c1ccccc1)(c1ccccc1)c1ccccc1. The molecule has 12 rings (SSSR count). The van der Waals surface area contributed by atoms with E-state index >= 15 is 0 Å². The molecule has 0 atom stereocenters. The van der Waals surface area contributed by atoms with Crippen LogP contribution in [0.15, 0.2) is 364 Å². The summed E-state index contributed by atoms with van der Waals surface area (Å²) >= 11 is -6.20. The van der Waals surface area contributed by atoms with Gasteiger partial charge in [0.2, 0.25) is 0 Å². The molecular formula is C74H65P4Pd. The fourth-order valence-corrected chi connectivity index (χ4v) is 190. The van der Waals surface area contributed by atoms with E-state index in [2.05, 4.69) is 364 Å². The third kappa shape index (κ3) is 7.35. The van der Waals surface area contributed by atoms with E-state index in [4.69, 9.17) is 4.39 Å². The Balaban J connectivity index is 1.70. The summed E-state index contributed by atoms with van der Waals surface area (Å²) < 4.78 is 4.98. The van der Waals surface area contributed by atoms with E-state index in [1.54, 1.807) is 0 Å². The summed E-state index contributed by atoms with van der Waals surface area (Å²) in [6.07, 6.45) is 9.40. The van der Waals surface area contributed by atoms with Gasteiger partial charge in [0.05, 0.1) is 0 Å². The summed E-state index contributed by atoms with van der Waals surface area (Å²) in [5.41, 5.74) is -17.2. The molecule has 0 spiro atoms. The summed E-state index contributed by atoms with van der Waals surface area (Å²) in [5.74, 6) is 0. The van der Waals surface area contributed by atoms with Crippen molar-refractivity contribution in [3.63, 3.8) is 0 Å². The first-order valence-corrected chi connectivity index (χ1v) is 44.4. The maximum absolute atomic E-state index is 9.40. The molecule has 0 saturated heterocycles. The molecule has 0 aliphatic heterocycles. The molecule has 12 aromatic carbocycles.